The molecule has 0 spiro atoms. The molecule has 0 unspecified atom stereocenters. The SMILES string of the molecule is O=C([O-])c1ccccc1O.[CaH2].[CaH2].[Li+].[Li+].[O-]c1ccccc1. The second-order valence-electron chi connectivity index (χ2n) is 3.12. The van der Waals surface area contributed by atoms with Gasteiger partial charge in [0.25, 0.3) is 0 Å². The molecule has 0 bridgehead atoms. The molecule has 0 fully saturated rings. The van der Waals surface area contributed by atoms with Crippen LogP contribution in [0.2, 0.25) is 0 Å². The topological polar surface area (TPSA) is 83.4 Å². The number of hydrogen-bond donors (Lipinski definition) is 1. The van der Waals surface area contributed by atoms with E-state index in [9.17, 15) is 15.0 Å². The Kier molecular flexibility index (Phi) is 25.2. The minimum atomic E-state index is -1.36. The molecule has 96 valence electrons. The second kappa shape index (κ2) is 17.6. The van der Waals surface area contributed by atoms with Crippen LogP contribution in [0.1, 0.15) is 10.4 Å². The van der Waals surface area contributed by atoms with Crippen molar-refractivity contribution in [3.05, 3.63) is 60.2 Å². The minimum absolute atomic E-state index is 0. The first-order valence-corrected chi connectivity index (χ1v) is 4.82. The van der Waals surface area contributed by atoms with E-state index in [1.54, 1.807) is 18.2 Å². The van der Waals surface area contributed by atoms with Crippen molar-refractivity contribution in [2.24, 2.45) is 0 Å². The Hall–Kier alpha value is 1.22. The maximum atomic E-state index is 10.3. The summed E-state index contributed by atoms with van der Waals surface area (Å²) in [7, 11) is 0. The molecule has 0 saturated carbocycles. The average molecular weight is 328 g/mol. The molecule has 2 rings (SSSR count). The number of carbonyl (C=O) groups excluding carboxylic acids is 1. The first-order chi connectivity index (χ1) is 8.11. The zero-order valence-electron chi connectivity index (χ0n) is 10.9. The second-order valence-corrected chi connectivity index (χ2v) is 3.12. The zero-order valence-corrected chi connectivity index (χ0v) is 10.9. The van der Waals surface area contributed by atoms with Gasteiger partial charge in [0.15, 0.2) is 0 Å². The Morgan fingerprint density at radius 1 is 0.857 bits per heavy atom. The van der Waals surface area contributed by atoms with Gasteiger partial charge in [-0.3, -0.25) is 0 Å². The Balaban J connectivity index is -0.000000120. The summed E-state index contributed by atoms with van der Waals surface area (Å²) in [5.41, 5.74) is -0.178. The molecule has 0 amide bonds. The molecule has 1 N–H and O–H groups in total. The van der Waals surface area contributed by atoms with Gasteiger partial charge in [0.1, 0.15) is 5.75 Å². The fourth-order valence-electron chi connectivity index (χ4n) is 1.07. The number of para-hydroxylation sites is 2. The molecule has 0 aromatic heterocycles. The number of aromatic hydroxyl groups is 1. The van der Waals surface area contributed by atoms with Crippen LogP contribution < -0.4 is 47.9 Å². The normalized spacial score (nSPS) is 7.24. The summed E-state index contributed by atoms with van der Waals surface area (Å²) in [5.74, 6) is -1.55. The molecule has 4 nitrogen and oxygen atoms in total. The molecule has 0 radical (unpaired) electrons. The Morgan fingerprint density at radius 2 is 1.29 bits per heavy atom. The molecule has 0 aliphatic carbocycles. The quantitative estimate of drug-likeness (QED) is 0.527. The number of carboxylic acid groups (broad SMARTS) is 1. The van der Waals surface area contributed by atoms with Gasteiger partial charge in [-0.1, -0.05) is 42.5 Å². The average Bonchev–Trinajstić information content (AvgIpc) is 2.31. The van der Waals surface area contributed by atoms with Crippen LogP contribution in [0, 0.1) is 0 Å². The van der Waals surface area contributed by atoms with Gasteiger partial charge in [-0.25, -0.2) is 0 Å². The van der Waals surface area contributed by atoms with Crippen molar-refractivity contribution in [2.75, 3.05) is 0 Å². The summed E-state index contributed by atoms with van der Waals surface area (Å²) in [5, 5.41) is 29.3. The number of rotatable bonds is 1. The van der Waals surface area contributed by atoms with Crippen molar-refractivity contribution in [3.63, 3.8) is 0 Å². The van der Waals surface area contributed by atoms with E-state index in [0.29, 0.717) is 0 Å². The fourth-order valence-corrected chi connectivity index (χ4v) is 1.07. The Bertz CT molecular complexity index is 499. The largest absolute Gasteiger partial charge is 1.00 e. The van der Waals surface area contributed by atoms with Crippen molar-refractivity contribution in [3.8, 4) is 11.5 Å². The summed E-state index contributed by atoms with van der Waals surface area (Å²) in [6.45, 7) is 0. The van der Waals surface area contributed by atoms with Crippen molar-refractivity contribution in [2.45, 2.75) is 0 Å². The summed E-state index contributed by atoms with van der Waals surface area (Å²) in [6, 6.07) is 14.0. The van der Waals surface area contributed by atoms with E-state index >= 15 is 0 Å². The van der Waals surface area contributed by atoms with Crippen LogP contribution >= 0.6 is 0 Å². The van der Waals surface area contributed by atoms with Crippen LogP contribution in [-0.4, -0.2) is 86.6 Å². The molecular weight excluding hydrogens is 314 g/mol. The van der Waals surface area contributed by atoms with Crippen molar-refractivity contribution < 1.29 is 57.8 Å². The first kappa shape index (κ1) is 30.1. The van der Waals surface area contributed by atoms with E-state index in [-0.39, 0.29) is 130 Å². The van der Waals surface area contributed by atoms with Crippen molar-refractivity contribution in [1.82, 2.24) is 0 Å². The van der Waals surface area contributed by atoms with Gasteiger partial charge in [-0.15, -0.1) is 5.75 Å². The summed E-state index contributed by atoms with van der Waals surface area (Å²) in [6.07, 6.45) is 0. The monoisotopic (exact) mass is 328 g/mol. The summed E-state index contributed by atoms with van der Waals surface area (Å²) >= 11 is 0. The van der Waals surface area contributed by atoms with E-state index in [2.05, 4.69) is 0 Å². The number of carboxylic acids is 1. The van der Waals surface area contributed by atoms with Crippen LogP contribution in [-0.2, 0) is 0 Å². The Labute approximate surface area is 207 Å². The van der Waals surface area contributed by atoms with E-state index in [4.69, 9.17) is 5.11 Å². The number of carbonyl (C=O) groups is 1. The minimum Gasteiger partial charge on any atom is -0.872 e. The summed E-state index contributed by atoms with van der Waals surface area (Å²) < 4.78 is 0. The molecule has 21 heavy (non-hydrogen) atoms. The third-order valence-corrected chi connectivity index (χ3v) is 1.87. The molecule has 0 aliphatic heterocycles. The van der Waals surface area contributed by atoms with Crippen molar-refractivity contribution in [1.29, 1.82) is 0 Å². The molecule has 0 aliphatic rings. The molecule has 0 atom stereocenters. The standard InChI is InChI=1S/C7H6O3.C6H6O.2Ca.2Li.4H/c8-6-4-2-1-3-5(6)7(9)10;7-6-4-2-1-3-5-6;;;;;;;;/h1-4,8H,(H,9,10);1-5,7H;;;;;;;;/q;;;;2*+1;;;;/p-2. The number of benzene rings is 2. The maximum Gasteiger partial charge on any atom is 1.00 e. The van der Waals surface area contributed by atoms with Gasteiger partial charge in [0, 0.05) is 5.56 Å². The molecule has 0 heterocycles. The molecule has 8 heteroatoms. The molecule has 2 aromatic rings. The summed E-state index contributed by atoms with van der Waals surface area (Å²) in [4.78, 5) is 10.2. The predicted molar refractivity (Wildman–Crippen MR) is 75.4 cm³/mol. The van der Waals surface area contributed by atoms with Gasteiger partial charge in [0.2, 0.25) is 0 Å². The maximum absolute atomic E-state index is 10.3. The third-order valence-electron chi connectivity index (χ3n) is 1.87. The van der Waals surface area contributed by atoms with E-state index in [1.165, 1.54) is 30.3 Å². The van der Waals surface area contributed by atoms with Crippen LogP contribution in [0.3, 0.4) is 0 Å². The van der Waals surface area contributed by atoms with Gasteiger partial charge in [-0.2, -0.15) is 0 Å². The number of hydrogen-bond acceptors (Lipinski definition) is 4. The molecule has 2 aromatic carbocycles. The first-order valence-electron chi connectivity index (χ1n) is 4.82. The van der Waals surface area contributed by atoms with E-state index < -0.39 is 5.97 Å². The van der Waals surface area contributed by atoms with Gasteiger partial charge in [0.05, 0.1) is 5.97 Å². The van der Waals surface area contributed by atoms with Crippen LogP contribution in [0.25, 0.3) is 0 Å². The van der Waals surface area contributed by atoms with Crippen molar-refractivity contribution >= 4 is 81.4 Å². The smallest absolute Gasteiger partial charge is 0.872 e. The fraction of sp³-hybridized carbons (Fsp3) is 0. The van der Waals surface area contributed by atoms with Crippen LogP contribution in [0.5, 0.6) is 11.5 Å². The van der Waals surface area contributed by atoms with Crippen LogP contribution in [0.15, 0.2) is 54.6 Å². The Morgan fingerprint density at radius 3 is 1.57 bits per heavy atom. The van der Waals surface area contributed by atoms with Gasteiger partial charge in [-0.05, 0) is 12.1 Å². The van der Waals surface area contributed by atoms with E-state index in [1.807, 2.05) is 6.07 Å². The number of aromatic carboxylic acids is 1. The third kappa shape index (κ3) is 13.4. The molecular formula is C13H14Ca2Li2O4. The van der Waals surface area contributed by atoms with Crippen LogP contribution in [0.4, 0.5) is 0 Å². The predicted octanol–water partition coefficient (Wildman–Crippen LogP) is -7.31. The molecule has 0 saturated heterocycles. The number of phenols is 1. The van der Waals surface area contributed by atoms with Gasteiger partial charge < -0.3 is 20.1 Å². The van der Waals surface area contributed by atoms with E-state index in [0.717, 1.165) is 0 Å². The zero-order chi connectivity index (χ0) is 12.7. The van der Waals surface area contributed by atoms with Gasteiger partial charge >= 0.3 is 113 Å².